The summed E-state index contributed by atoms with van der Waals surface area (Å²) in [6.07, 6.45) is 3.28. The van der Waals surface area contributed by atoms with Crippen LogP contribution >= 0.6 is 11.3 Å². The van der Waals surface area contributed by atoms with Crippen LogP contribution in [0.2, 0.25) is 0 Å². The van der Waals surface area contributed by atoms with Crippen molar-refractivity contribution in [2.24, 2.45) is 15.8 Å². The lowest BCUT2D eigenvalue weighted by molar-refractivity contribution is -0.114. The summed E-state index contributed by atoms with van der Waals surface area (Å²) in [5.41, 5.74) is 5.85. The Morgan fingerprint density at radius 3 is 2.95 bits per heavy atom. The molecule has 0 bridgehead atoms. The minimum absolute atomic E-state index is 0.0831. The van der Waals surface area contributed by atoms with Crippen molar-refractivity contribution in [1.82, 2.24) is 5.01 Å². The van der Waals surface area contributed by atoms with Crippen LogP contribution in [0.15, 0.2) is 33.3 Å². The van der Waals surface area contributed by atoms with E-state index in [1.165, 1.54) is 16.3 Å². The normalized spacial score (nSPS) is 16.9. The van der Waals surface area contributed by atoms with Gasteiger partial charge in [-0.2, -0.15) is 5.26 Å². The number of carbonyl (C=O) groups is 1. The highest BCUT2D eigenvalue weighted by Gasteiger charge is 2.33. The van der Waals surface area contributed by atoms with E-state index in [1.807, 2.05) is 19.9 Å². The van der Waals surface area contributed by atoms with Gasteiger partial charge in [0.2, 0.25) is 5.96 Å². The lowest BCUT2D eigenvalue weighted by atomic mass is 10.1. The highest BCUT2D eigenvalue weighted by molar-refractivity contribution is 7.11. The number of hydrazone groups is 1. The molecule has 0 unspecified atom stereocenters. The number of anilines is 1. The summed E-state index contributed by atoms with van der Waals surface area (Å²) in [5, 5.41) is 19.1. The van der Waals surface area contributed by atoms with Crippen molar-refractivity contribution < 1.29 is 4.79 Å². The van der Waals surface area contributed by atoms with Crippen molar-refractivity contribution in [1.29, 1.82) is 5.26 Å². The third kappa shape index (κ3) is 2.99. The van der Waals surface area contributed by atoms with Gasteiger partial charge in [-0.25, -0.2) is 10.0 Å². The Morgan fingerprint density at radius 2 is 2.32 bits per heavy atom. The summed E-state index contributed by atoms with van der Waals surface area (Å²) < 4.78 is 0. The van der Waals surface area contributed by atoms with Gasteiger partial charge in [0.05, 0.1) is 11.2 Å². The van der Waals surface area contributed by atoms with Crippen LogP contribution in [-0.4, -0.2) is 28.6 Å². The molecule has 114 valence electrons. The van der Waals surface area contributed by atoms with Crippen molar-refractivity contribution in [3.63, 3.8) is 0 Å². The molecule has 7 nitrogen and oxygen atoms in total. The number of amides is 1. The van der Waals surface area contributed by atoms with Gasteiger partial charge in [-0.05, 0) is 32.2 Å². The summed E-state index contributed by atoms with van der Waals surface area (Å²) in [6.45, 7) is 5.48. The first kappa shape index (κ1) is 15.7. The Balaban J connectivity index is 2.27. The van der Waals surface area contributed by atoms with Crippen LogP contribution in [0.1, 0.15) is 25.6 Å². The molecule has 0 saturated carbocycles. The van der Waals surface area contributed by atoms with Crippen molar-refractivity contribution in [2.75, 3.05) is 5.32 Å². The van der Waals surface area contributed by atoms with Gasteiger partial charge < -0.3 is 11.1 Å². The Bertz CT molecular complexity index is 722. The summed E-state index contributed by atoms with van der Waals surface area (Å²) in [6, 6.07) is 3.73. The number of aliphatic imine (C=N–C) groups is 1. The zero-order chi connectivity index (χ0) is 16.3. The quantitative estimate of drug-likeness (QED) is 0.830. The second-order valence-corrected chi connectivity index (χ2v) is 6.00. The fourth-order valence-corrected chi connectivity index (χ4v) is 2.57. The highest BCUT2D eigenvalue weighted by Crippen LogP contribution is 2.25. The molecule has 2 heterocycles. The summed E-state index contributed by atoms with van der Waals surface area (Å²) in [7, 11) is 0. The van der Waals surface area contributed by atoms with E-state index in [1.54, 1.807) is 30.7 Å². The number of nitrogens with two attached hydrogens (primary N) is 1. The molecule has 0 saturated heterocycles. The number of carbonyl (C=O) groups excluding carboxylic acids is 1. The van der Waals surface area contributed by atoms with Gasteiger partial charge >= 0.3 is 0 Å². The predicted octanol–water partition coefficient (Wildman–Crippen LogP) is 1.86. The molecule has 1 aliphatic heterocycles. The first-order valence-corrected chi connectivity index (χ1v) is 7.42. The van der Waals surface area contributed by atoms with Gasteiger partial charge in [-0.1, -0.05) is 6.08 Å². The monoisotopic (exact) mass is 316 g/mol. The molecular formula is C14H16N6OS. The lowest BCUT2D eigenvalue weighted by Crippen LogP contribution is -2.47. The molecule has 3 N–H and O–H groups in total. The van der Waals surface area contributed by atoms with E-state index < -0.39 is 5.54 Å². The molecule has 8 heteroatoms. The van der Waals surface area contributed by atoms with Gasteiger partial charge in [0.1, 0.15) is 16.6 Å². The average molecular weight is 316 g/mol. The Hall–Kier alpha value is -2.66. The van der Waals surface area contributed by atoms with E-state index in [0.717, 1.165) is 0 Å². The van der Waals surface area contributed by atoms with Crippen molar-refractivity contribution in [3.8, 4) is 6.07 Å². The van der Waals surface area contributed by atoms with E-state index in [0.29, 0.717) is 16.3 Å². The number of nitriles is 1. The van der Waals surface area contributed by atoms with Crippen molar-refractivity contribution in [3.05, 3.63) is 28.1 Å². The van der Waals surface area contributed by atoms with Gasteiger partial charge in [0, 0.05) is 6.21 Å². The SMILES string of the molecule is C/C=C(/C(=O)Nc1ccsc1C#N)N1N=C(N)N=CC1(C)C. The standard InChI is InChI=1S/C14H16N6OS/c1-4-10(20-14(2,3)8-17-13(16)19-20)12(21)18-9-5-6-22-11(9)7-15/h4-6,8H,1-3H3,(H2,16,19)(H,18,21)/b10-4-. The average Bonchev–Trinajstić information content (AvgIpc) is 2.91. The molecule has 1 aromatic heterocycles. The number of hydrogen-bond acceptors (Lipinski definition) is 7. The zero-order valence-electron chi connectivity index (χ0n) is 12.5. The molecule has 1 aliphatic rings. The van der Waals surface area contributed by atoms with Crippen LogP contribution in [0.25, 0.3) is 0 Å². The topological polar surface area (TPSA) is 107 Å². The van der Waals surface area contributed by atoms with E-state index in [2.05, 4.69) is 15.4 Å². The third-order valence-electron chi connectivity index (χ3n) is 3.01. The molecule has 0 aliphatic carbocycles. The smallest absolute Gasteiger partial charge is 0.273 e. The Labute approximate surface area is 132 Å². The molecule has 0 aromatic carbocycles. The second kappa shape index (κ2) is 5.99. The second-order valence-electron chi connectivity index (χ2n) is 5.09. The summed E-state index contributed by atoms with van der Waals surface area (Å²) >= 11 is 1.27. The van der Waals surface area contributed by atoms with Crippen LogP contribution in [-0.2, 0) is 4.79 Å². The zero-order valence-corrected chi connectivity index (χ0v) is 13.3. The van der Waals surface area contributed by atoms with Crippen LogP contribution in [0.5, 0.6) is 0 Å². The number of nitrogens with one attached hydrogen (secondary N) is 1. The Kier molecular flexibility index (Phi) is 4.28. The number of nitrogens with zero attached hydrogens (tertiary/aromatic N) is 4. The number of guanidine groups is 1. The maximum absolute atomic E-state index is 12.5. The number of thiophene rings is 1. The van der Waals surface area contributed by atoms with Crippen molar-refractivity contribution in [2.45, 2.75) is 26.3 Å². The maximum Gasteiger partial charge on any atom is 0.273 e. The first-order chi connectivity index (χ1) is 10.4. The molecular weight excluding hydrogens is 300 g/mol. The Morgan fingerprint density at radius 1 is 1.59 bits per heavy atom. The van der Waals surface area contributed by atoms with Gasteiger partial charge in [0.15, 0.2) is 0 Å². The number of rotatable bonds is 3. The number of allylic oxidation sites excluding steroid dienone is 1. The van der Waals surface area contributed by atoms with Crippen molar-refractivity contribution >= 4 is 35.1 Å². The van der Waals surface area contributed by atoms with Gasteiger partial charge in [-0.15, -0.1) is 16.4 Å². The number of hydrogen-bond donors (Lipinski definition) is 2. The van der Waals surface area contributed by atoms with Crippen LogP contribution in [0, 0.1) is 11.3 Å². The largest absolute Gasteiger partial charge is 0.367 e. The van der Waals surface area contributed by atoms with Crippen LogP contribution in [0.3, 0.4) is 0 Å². The molecule has 1 amide bonds. The lowest BCUT2D eigenvalue weighted by Gasteiger charge is -2.35. The summed E-state index contributed by atoms with van der Waals surface area (Å²) in [5.74, 6) is -0.281. The van der Waals surface area contributed by atoms with E-state index >= 15 is 0 Å². The summed E-state index contributed by atoms with van der Waals surface area (Å²) in [4.78, 5) is 16.9. The van der Waals surface area contributed by atoms with Gasteiger partial charge in [-0.3, -0.25) is 4.79 Å². The van der Waals surface area contributed by atoms with Crippen LogP contribution < -0.4 is 11.1 Å². The van der Waals surface area contributed by atoms with E-state index in [-0.39, 0.29) is 11.9 Å². The van der Waals surface area contributed by atoms with Crippen LogP contribution in [0.4, 0.5) is 5.69 Å². The molecule has 22 heavy (non-hydrogen) atoms. The third-order valence-corrected chi connectivity index (χ3v) is 3.83. The molecule has 0 fully saturated rings. The molecule has 2 rings (SSSR count). The minimum atomic E-state index is -0.589. The highest BCUT2D eigenvalue weighted by atomic mass is 32.1. The predicted molar refractivity (Wildman–Crippen MR) is 87.5 cm³/mol. The first-order valence-electron chi connectivity index (χ1n) is 6.54. The van der Waals surface area contributed by atoms with Gasteiger partial charge in [0.25, 0.3) is 5.91 Å². The van der Waals surface area contributed by atoms with E-state index in [9.17, 15) is 4.79 Å². The maximum atomic E-state index is 12.5. The fraction of sp³-hybridized carbons (Fsp3) is 0.286. The minimum Gasteiger partial charge on any atom is -0.367 e. The molecule has 0 spiro atoms. The molecule has 1 aromatic rings. The fourth-order valence-electron chi connectivity index (χ4n) is 1.93. The van der Waals surface area contributed by atoms with E-state index in [4.69, 9.17) is 11.0 Å². The molecule has 0 atom stereocenters. The molecule has 0 radical (unpaired) electrons.